The minimum absolute atomic E-state index is 0.0359. The van der Waals surface area contributed by atoms with Gasteiger partial charge in [-0.3, -0.25) is 0 Å². The van der Waals surface area contributed by atoms with Gasteiger partial charge < -0.3 is 10.8 Å². The average Bonchev–Trinajstić information content (AvgIpc) is 1.80. The van der Waals surface area contributed by atoms with Crippen LogP contribution in [-0.2, 0) is 0 Å². The lowest BCUT2D eigenvalue weighted by atomic mass is 9.86. The predicted octanol–water partition coefficient (Wildman–Crippen LogP) is 0.495. The summed E-state index contributed by atoms with van der Waals surface area (Å²) in [4.78, 5) is 0. The van der Waals surface area contributed by atoms with E-state index in [9.17, 15) is 5.11 Å². The van der Waals surface area contributed by atoms with Crippen LogP contribution in [0.1, 0.15) is 26.2 Å². The molecule has 0 aromatic carbocycles. The highest BCUT2D eigenvalue weighted by molar-refractivity contribution is 4.79. The molecule has 54 valence electrons. The Morgan fingerprint density at radius 2 is 2.11 bits per heavy atom. The van der Waals surface area contributed by atoms with Crippen molar-refractivity contribution in [1.82, 2.24) is 0 Å². The molecular weight excluding hydrogens is 114 g/mol. The van der Waals surface area contributed by atoms with Gasteiger partial charge in [0.15, 0.2) is 0 Å². The quantitative estimate of drug-likeness (QED) is 0.500. The van der Waals surface area contributed by atoms with Gasteiger partial charge in [0.25, 0.3) is 0 Å². The van der Waals surface area contributed by atoms with E-state index in [2.05, 4.69) is 6.92 Å². The van der Waals surface area contributed by atoms with Crippen LogP contribution in [0.3, 0.4) is 0 Å². The molecule has 0 unspecified atom stereocenters. The lowest BCUT2D eigenvalue weighted by molar-refractivity contribution is 0.0906. The fraction of sp³-hybridized carbons (Fsp3) is 1.00. The van der Waals surface area contributed by atoms with Crippen molar-refractivity contribution >= 4 is 0 Å². The van der Waals surface area contributed by atoms with Crippen molar-refractivity contribution in [3.8, 4) is 0 Å². The molecule has 0 spiro atoms. The zero-order chi connectivity index (χ0) is 6.85. The van der Waals surface area contributed by atoms with E-state index in [1.165, 1.54) is 0 Å². The Morgan fingerprint density at radius 1 is 1.44 bits per heavy atom. The molecule has 0 heterocycles. The molecule has 1 aliphatic rings. The second-order valence-corrected chi connectivity index (χ2v) is 3.15. The van der Waals surface area contributed by atoms with Gasteiger partial charge in [0, 0.05) is 6.04 Å². The van der Waals surface area contributed by atoms with Crippen LogP contribution in [0.2, 0.25) is 0 Å². The first-order chi connectivity index (χ1) is 4.20. The van der Waals surface area contributed by atoms with Gasteiger partial charge in [-0.05, 0) is 25.2 Å². The van der Waals surface area contributed by atoms with E-state index in [4.69, 9.17) is 5.73 Å². The second kappa shape index (κ2) is 2.67. The van der Waals surface area contributed by atoms with Gasteiger partial charge >= 0.3 is 0 Å². The Hall–Kier alpha value is -0.0800. The molecule has 0 aromatic heterocycles. The van der Waals surface area contributed by atoms with Crippen molar-refractivity contribution < 1.29 is 5.11 Å². The van der Waals surface area contributed by atoms with Gasteiger partial charge in [-0.25, -0.2) is 0 Å². The highest BCUT2D eigenvalue weighted by Gasteiger charge is 2.23. The molecule has 9 heavy (non-hydrogen) atoms. The van der Waals surface area contributed by atoms with Crippen LogP contribution in [-0.4, -0.2) is 17.3 Å². The molecule has 3 N–H and O–H groups in total. The number of nitrogens with two attached hydrogens (primary N) is 1. The van der Waals surface area contributed by atoms with Crippen molar-refractivity contribution in [3.05, 3.63) is 0 Å². The van der Waals surface area contributed by atoms with Gasteiger partial charge in [-0.2, -0.15) is 0 Å². The third-order valence-electron chi connectivity index (χ3n) is 2.12. The molecule has 0 amide bonds. The van der Waals surface area contributed by atoms with E-state index in [-0.39, 0.29) is 12.1 Å². The maximum Gasteiger partial charge on any atom is 0.0691 e. The maximum atomic E-state index is 9.17. The zero-order valence-electron chi connectivity index (χ0n) is 5.88. The first kappa shape index (κ1) is 7.03. The van der Waals surface area contributed by atoms with E-state index in [0.29, 0.717) is 5.92 Å². The topological polar surface area (TPSA) is 46.2 Å². The molecule has 1 saturated carbocycles. The van der Waals surface area contributed by atoms with Crippen LogP contribution in [0.15, 0.2) is 0 Å². The molecule has 0 aromatic rings. The summed E-state index contributed by atoms with van der Waals surface area (Å²) in [7, 11) is 0. The molecule has 1 aliphatic carbocycles. The van der Waals surface area contributed by atoms with Gasteiger partial charge in [0.1, 0.15) is 0 Å². The monoisotopic (exact) mass is 129 g/mol. The maximum absolute atomic E-state index is 9.17. The first-order valence-corrected chi connectivity index (χ1v) is 3.64. The second-order valence-electron chi connectivity index (χ2n) is 3.15. The standard InChI is InChI=1S/C7H15NO/c1-5-2-3-7(9)6(8)4-5/h5-7,9H,2-4,8H2,1H3/t5-,6+,7-/m1/s1. The van der Waals surface area contributed by atoms with Gasteiger partial charge in [0.05, 0.1) is 6.10 Å². The van der Waals surface area contributed by atoms with Gasteiger partial charge in [0.2, 0.25) is 0 Å². The molecule has 0 aliphatic heterocycles. The summed E-state index contributed by atoms with van der Waals surface area (Å²) in [5.41, 5.74) is 5.62. The van der Waals surface area contributed by atoms with Crippen molar-refractivity contribution in [3.63, 3.8) is 0 Å². The Balaban J connectivity index is 2.35. The SMILES string of the molecule is C[C@@H]1CC[C@@H](O)[C@@H](N)C1. The lowest BCUT2D eigenvalue weighted by Gasteiger charge is -2.28. The largest absolute Gasteiger partial charge is 0.392 e. The minimum Gasteiger partial charge on any atom is -0.392 e. The first-order valence-electron chi connectivity index (χ1n) is 3.64. The molecule has 1 rings (SSSR count). The average molecular weight is 129 g/mol. The fourth-order valence-electron chi connectivity index (χ4n) is 1.41. The molecule has 0 saturated heterocycles. The van der Waals surface area contributed by atoms with Crippen molar-refractivity contribution in [2.24, 2.45) is 11.7 Å². The van der Waals surface area contributed by atoms with Crippen LogP contribution in [0.4, 0.5) is 0 Å². The van der Waals surface area contributed by atoms with Gasteiger partial charge in [-0.1, -0.05) is 6.92 Å². The predicted molar refractivity (Wildman–Crippen MR) is 37.0 cm³/mol. The summed E-state index contributed by atoms with van der Waals surface area (Å²) in [5.74, 6) is 0.711. The van der Waals surface area contributed by atoms with E-state index < -0.39 is 0 Å². The molecule has 1 fully saturated rings. The summed E-state index contributed by atoms with van der Waals surface area (Å²) < 4.78 is 0. The fourth-order valence-corrected chi connectivity index (χ4v) is 1.41. The summed E-state index contributed by atoms with van der Waals surface area (Å²) in [6, 6.07) is 0.0359. The van der Waals surface area contributed by atoms with Crippen LogP contribution in [0, 0.1) is 5.92 Å². The third kappa shape index (κ3) is 1.66. The van der Waals surface area contributed by atoms with Crippen LogP contribution in [0.5, 0.6) is 0 Å². The van der Waals surface area contributed by atoms with Crippen LogP contribution in [0.25, 0.3) is 0 Å². The summed E-state index contributed by atoms with van der Waals surface area (Å²) >= 11 is 0. The van der Waals surface area contributed by atoms with Gasteiger partial charge in [-0.15, -0.1) is 0 Å². The van der Waals surface area contributed by atoms with E-state index in [1.54, 1.807) is 0 Å². The Kier molecular flexibility index (Phi) is 2.09. The summed E-state index contributed by atoms with van der Waals surface area (Å²) in [5, 5.41) is 9.17. The van der Waals surface area contributed by atoms with E-state index in [1.807, 2.05) is 0 Å². The Bertz CT molecular complexity index is 94.9. The highest BCUT2D eigenvalue weighted by Crippen LogP contribution is 2.22. The van der Waals surface area contributed by atoms with Crippen molar-refractivity contribution in [2.45, 2.75) is 38.3 Å². The molecular formula is C7H15NO. The number of rotatable bonds is 0. The third-order valence-corrected chi connectivity index (χ3v) is 2.12. The number of hydrogen-bond donors (Lipinski definition) is 2. The number of aliphatic hydroxyl groups excluding tert-OH is 1. The minimum atomic E-state index is -0.235. The van der Waals surface area contributed by atoms with E-state index >= 15 is 0 Å². The smallest absolute Gasteiger partial charge is 0.0691 e. The number of aliphatic hydroxyl groups is 1. The highest BCUT2D eigenvalue weighted by atomic mass is 16.3. The molecule has 3 atom stereocenters. The molecule has 0 bridgehead atoms. The van der Waals surface area contributed by atoms with Crippen LogP contribution < -0.4 is 5.73 Å². The number of hydrogen-bond acceptors (Lipinski definition) is 2. The molecule has 0 radical (unpaired) electrons. The molecule has 2 nitrogen and oxygen atoms in total. The van der Waals surface area contributed by atoms with Crippen LogP contribution >= 0.6 is 0 Å². The van der Waals surface area contributed by atoms with Crippen molar-refractivity contribution in [2.75, 3.05) is 0 Å². The normalized spacial score (nSPS) is 45.0. The Morgan fingerprint density at radius 3 is 2.56 bits per heavy atom. The zero-order valence-corrected chi connectivity index (χ0v) is 5.88. The Labute approximate surface area is 56.1 Å². The molecule has 2 heteroatoms. The summed E-state index contributed by atoms with van der Waals surface area (Å²) in [6.45, 7) is 2.19. The van der Waals surface area contributed by atoms with Crippen molar-refractivity contribution in [1.29, 1.82) is 0 Å². The summed E-state index contributed by atoms with van der Waals surface area (Å²) in [6.07, 6.45) is 2.78. The van der Waals surface area contributed by atoms with E-state index in [0.717, 1.165) is 19.3 Å². The lowest BCUT2D eigenvalue weighted by Crippen LogP contribution is -2.39.